The van der Waals surface area contributed by atoms with Crippen molar-refractivity contribution in [3.8, 4) is 0 Å². The molecule has 0 aromatic carbocycles. The Morgan fingerprint density at radius 2 is 2.20 bits per heavy atom. The monoisotopic (exact) mass is 203 g/mol. The van der Waals surface area contributed by atoms with Gasteiger partial charge >= 0.3 is 0 Å². The van der Waals surface area contributed by atoms with Gasteiger partial charge in [-0.1, -0.05) is 32.9 Å². The van der Waals surface area contributed by atoms with E-state index < -0.39 is 0 Å². The SMILES string of the molecule is CCC(C)COC(=S)S.[K]. The molecule has 0 aliphatic rings. The zero-order valence-electron chi connectivity index (χ0n) is 6.76. The maximum Gasteiger partial charge on any atom is 0.216 e. The number of ether oxygens (including phenoxy) is 1. The van der Waals surface area contributed by atoms with Gasteiger partial charge in [0.1, 0.15) is 0 Å². The second-order valence-electron chi connectivity index (χ2n) is 2.09. The maximum absolute atomic E-state index is 4.99. The summed E-state index contributed by atoms with van der Waals surface area (Å²) in [7, 11) is 0. The molecule has 0 amide bonds. The summed E-state index contributed by atoms with van der Waals surface area (Å²) in [5.74, 6) is 0.579. The van der Waals surface area contributed by atoms with Crippen LogP contribution < -0.4 is 0 Å². The Kier molecular flexibility index (Phi) is 12.9. The first-order chi connectivity index (χ1) is 4.16. The molecular formula is C6H12KOS2. The molecule has 0 aromatic rings. The van der Waals surface area contributed by atoms with E-state index in [0.717, 1.165) is 6.42 Å². The second kappa shape index (κ2) is 8.97. The van der Waals surface area contributed by atoms with Gasteiger partial charge in [0.2, 0.25) is 4.38 Å². The van der Waals surface area contributed by atoms with Crippen LogP contribution in [0.3, 0.4) is 0 Å². The zero-order chi connectivity index (χ0) is 7.28. The summed E-state index contributed by atoms with van der Waals surface area (Å²) in [6.45, 7) is 4.93. The normalized spacial score (nSPS) is 11.5. The first-order valence-electron chi connectivity index (χ1n) is 3.02. The van der Waals surface area contributed by atoms with Gasteiger partial charge in [-0.05, 0) is 18.1 Å². The summed E-state index contributed by atoms with van der Waals surface area (Å²) in [6.07, 6.45) is 1.12. The molecule has 0 saturated heterocycles. The summed E-state index contributed by atoms with van der Waals surface area (Å²) >= 11 is 8.42. The van der Waals surface area contributed by atoms with Crippen molar-refractivity contribution in [2.24, 2.45) is 5.92 Å². The van der Waals surface area contributed by atoms with Crippen molar-refractivity contribution in [3.05, 3.63) is 0 Å². The van der Waals surface area contributed by atoms with Gasteiger partial charge in [-0.15, -0.1) is 0 Å². The van der Waals surface area contributed by atoms with E-state index in [1.165, 1.54) is 0 Å². The third-order valence-corrected chi connectivity index (χ3v) is 1.44. The van der Waals surface area contributed by atoms with Crippen LogP contribution in [0.2, 0.25) is 0 Å². The van der Waals surface area contributed by atoms with E-state index >= 15 is 0 Å². The average molecular weight is 203 g/mol. The van der Waals surface area contributed by atoms with Crippen LogP contribution in [0.4, 0.5) is 0 Å². The first-order valence-corrected chi connectivity index (χ1v) is 3.88. The van der Waals surface area contributed by atoms with Gasteiger partial charge in [-0.25, -0.2) is 0 Å². The fourth-order valence-electron chi connectivity index (χ4n) is 0.331. The molecule has 55 valence electrons. The van der Waals surface area contributed by atoms with E-state index in [9.17, 15) is 0 Å². The van der Waals surface area contributed by atoms with Crippen molar-refractivity contribution in [1.29, 1.82) is 0 Å². The predicted molar refractivity (Wildman–Crippen MR) is 52.7 cm³/mol. The summed E-state index contributed by atoms with van der Waals surface area (Å²) in [6, 6.07) is 0. The van der Waals surface area contributed by atoms with Crippen molar-refractivity contribution < 1.29 is 4.74 Å². The van der Waals surface area contributed by atoms with Crippen LogP contribution in [0.5, 0.6) is 0 Å². The molecule has 0 rings (SSSR count). The van der Waals surface area contributed by atoms with Crippen LogP contribution in [0, 0.1) is 5.92 Å². The molecule has 0 aromatic heterocycles. The van der Waals surface area contributed by atoms with Crippen LogP contribution in [0.1, 0.15) is 20.3 Å². The number of hydrogen-bond donors (Lipinski definition) is 1. The Labute approximate surface area is 116 Å². The quantitative estimate of drug-likeness (QED) is 0.426. The molecule has 1 atom stereocenters. The largest absolute Gasteiger partial charge is 0.478 e. The van der Waals surface area contributed by atoms with Gasteiger partial charge in [-0.3, -0.25) is 0 Å². The Morgan fingerprint density at radius 3 is 2.50 bits per heavy atom. The molecule has 0 aliphatic carbocycles. The van der Waals surface area contributed by atoms with Gasteiger partial charge in [-0.2, -0.15) is 0 Å². The number of rotatable bonds is 3. The van der Waals surface area contributed by atoms with Gasteiger partial charge in [0.15, 0.2) is 0 Å². The number of thiocarbonyl (C=S) groups is 1. The third kappa shape index (κ3) is 9.88. The summed E-state index contributed by atoms with van der Waals surface area (Å²) in [5.41, 5.74) is 0. The van der Waals surface area contributed by atoms with Gasteiger partial charge in [0.25, 0.3) is 0 Å². The average Bonchev–Trinajstić information content (AvgIpc) is 1.83. The van der Waals surface area contributed by atoms with E-state index in [4.69, 9.17) is 4.74 Å². The maximum atomic E-state index is 4.99. The van der Waals surface area contributed by atoms with E-state index in [1.54, 1.807) is 0 Å². The van der Waals surface area contributed by atoms with E-state index in [0.29, 0.717) is 16.9 Å². The van der Waals surface area contributed by atoms with Crippen molar-refractivity contribution in [3.63, 3.8) is 0 Å². The van der Waals surface area contributed by atoms with Crippen molar-refractivity contribution in [2.45, 2.75) is 20.3 Å². The van der Waals surface area contributed by atoms with Crippen LogP contribution in [-0.4, -0.2) is 62.4 Å². The summed E-state index contributed by atoms with van der Waals surface area (Å²) in [5, 5.41) is 0. The molecule has 0 N–H and O–H groups in total. The standard InChI is InChI=1S/C6H12OS2.K/c1-3-5(2)4-7-6(8)9;/h5H,3-4H2,1-2H3,(H,8,9);. The summed E-state index contributed by atoms with van der Waals surface area (Å²) in [4.78, 5) is 0. The molecule has 0 fully saturated rings. The van der Waals surface area contributed by atoms with Gasteiger partial charge in [0, 0.05) is 51.4 Å². The molecule has 4 heteroatoms. The van der Waals surface area contributed by atoms with Crippen molar-refractivity contribution in [2.75, 3.05) is 6.61 Å². The van der Waals surface area contributed by atoms with Crippen LogP contribution in [0.25, 0.3) is 0 Å². The topological polar surface area (TPSA) is 9.23 Å². The minimum absolute atomic E-state index is 0. The van der Waals surface area contributed by atoms with Crippen molar-refractivity contribution >= 4 is 80.6 Å². The molecule has 1 radical (unpaired) electrons. The molecule has 0 spiro atoms. The summed E-state index contributed by atoms with van der Waals surface area (Å²) < 4.78 is 5.33. The Balaban J connectivity index is 0. The van der Waals surface area contributed by atoms with Crippen LogP contribution in [-0.2, 0) is 4.74 Å². The third-order valence-electron chi connectivity index (χ3n) is 1.19. The fraction of sp³-hybridized carbons (Fsp3) is 0.833. The van der Waals surface area contributed by atoms with Gasteiger partial charge in [0.05, 0.1) is 6.61 Å². The molecule has 1 nitrogen and oxygen atoms in total. The Hall–Kier alpha value is 1.88. The second-order valence-corrected chi connectivity index (χ2v) is 3.17. The molecule has 0 heterocycles. The smallest absolute Gasteiger partial charge is 0.216 e. The molecular weight excluding hydrogens is 191 g/mol. The van der Waals surface area contributed by atoms with E-state index in [-0.39, 0.29) is 51.4 Å². The Bertz CT molecular complexity index is 97.7. The molecule has 0 bridgehead atoms. The van der Waals surface area contributed by atoms with E-state index in [1.807, 2.05) is 0 Å². The van der Waals surface area contributed by atoms with Gasteiger partial charge < -0.3 is 4.74 Å². The molecule has 1 unspecified atom stereocenters. The zero-order valence-corrected chi connectivity index (χ0v) is 11.6. The fourth-order valence-corrected chi connectivity index (χ4v) is 0.474. The van der Waals surface area contributed by atoms with E-state index in [2.05, 4.69) is 38.7 Å². The molecule has 0 aliphatic heterocycles. The Morgan fingerprint density at radius 1 is 1.70 bits per heavy atom. The van der Waals surface area contributed by atoms with Crippen molar-refractivity contribution in [1.82, 2.24) is 0 Å². The number of thiol groups is 1. The van der Waals surface area contributed by atoms with Crippen LogP contribution in [0.15, 0.2) is 0 Å². The minimum Gasteiger partial charge on any atom is -0.478 e. The minimum atomic E-state index is 0. The first kappa shape index (κ1) is 14.4. The number of hydrogen-bond acceptors (Lipinski definition) is 2. The molecule has 10 heavy (non-hydrogen) atoms. The van der Waals surface area contributed by atoms with Crippen LogP contribution >= 0.6 is 24.8 Å². The molecule has 0 saturated carbocycles. The predicted octanol–water partition coefficient (Wildman–Crippen LogP) is 1.88.